The molecular formula is C10H18NO5P. The summed E-state index contributed by atoms with van der Waals surface area (Å²) in [7, 11) is -2.33. The molecule has 0 radical (unpaired) electrons. The van der Waals surface area contributed by atoms with Crippen molar-refractivity contribution in [2.24, 2.45) is 0 Å². The van der Waals surface area contributed by atoms with E-state index in [1.807, 2.05) is 0 Å². The molecule has 0 aromatic heterocycles. The molecular weight excluding hydrogens is 245 g/mol. The molecule has 0 spiro atoms. The maximum atomic E-state index is 11.5. The van der Waals surface area contributed by atoms with E-state index in [9.17, 15) is 14.2 Å². The highest BCUT2D eigenvalue weighted by molar-refractivity contribution is 7.45. The van der Waals surface area contributed by atoms with Crippen LogP contribution in [0.25, 0.3) is 0 Å². The van der Waals surface area contributed by atoms with Crippen molar-refractivity contribution in [3.05, 3.63) is 12.2 Å². The quantitative estimate of drug-likeness (QED) is 0.367. The van der Waals surface area contributed by atoms with Gasteiger partial charge in [-0.3, -0.25) is 10.1 Å². The Morgan fingerprint density at radius 1 is 1.53 bits per heavy atom. The highest BCUT2D eigenvalue weighted by Crippen LogP contribution is 2.25. The van der Waals surface area contributed by atoms with Gasteiger partial charge in [-0.2, -0.15) is 0 Å². The third-order valence-corrected chi connectivity index (χ3v) is 3.19. The molecule has 0 bridgehead atoms. The zero-order valence-corrected chi connectivity index (χ0v) is 10.9. The standard InChI is InChI=1S/C10H18NO5P/c1-3-16-10(14)5-4-9(17(15)7-12)11-6-8(2)13/h4-5,9,11-12,17H,3,6-7H2,1-2H3. The number of carbonyl (C=O) groups is 2. The van der Waals surface area contributed by atoms with Crippen LogP contribution in [-0.4, -0.2) is 42.1 Å². The van der Waals surface area contributed by atoms with E-state index < -0.39 is 25.9 Å². The van der Waals surface area contributed by atoms with Crippen molar-refractivity contribution in [2.45, 2.75) is 19.6 Å². The fourth-order valence-corrected chi connectivity index (χ4v) is 1.84. The van der Waals surface area contributed by atoms with Crippen LogP contribution in [0, 0.1) is 0 Å². The van der Waals surface area contributed by atoms with Gasteiger partial charge in [0.05, 0.1) is 25.3 Å². The summed E-state index contributed by atoms with van der Waals surface area (Å²) < 4.78 is 16.1. The van der Waals surface area contributed by atoms with Gasteiger partial charge in [0.25, 0.3) is 0 Å². The Morgan fingerprint density at radius 2 is 2.18 bits per heavy atom. The minimum Gasteiger partial charge on any atom is -0.463 e. The molecule has 0 aromatic carbocycles. The Kier molecular flexibility index (Phi) is 8.58. The van der Waals surface area contributed by atoms with Crippen molar-refractivity contribution in [1.29, 1.82) is 0 Å². The SMILES string of the molecule is CCOC(=O)C=CC(NCC(C)=O)[PH](=O)CO. The molecule has 17 heavy (non-hydrogen) atoms. The second kappa shape index (κ2) is 9.10. The fraction of sp³-hybridized carbons (Fsp3) is 0.600. The summed E-state index contributed by atoms with van der Waals surface area (Å²) >= 11 is 0. The molecule has 7 heteroatoms. The van der Waals surface area contributed by atoms with Crippen molar-refractivity contribution < 1.29 is 24.0 Å². The van der Waals surface area contributed by atoms with Crippen molar-refractivity contribution in [2.75, 3.05) is 19.5 Å². The second-order valence-corrected chi connectivity index (χ2v) is 5.17. The Balaban J connectivity index is 4.42. The maximum Gasteiger partial charge on any atom is 0.330 e. The van der Waals surface area contributed by atoms with Crippen molar-refractivity contribution in [3.8, 4) is 0 Å². The summed E-state index contributed by atoms with van der Waals surface area (Å²) in [5.74, 6) is -1.35. The van der Waals surface area contributed by atoms with Gasteiger partial charge >= 0.3 is 5.97 Å². The molecule has 98 valence electrons. The van der Waals surface area contributed by atoms with Gasteiger partial charge in [-0.05, 0) is 13.8 Å². The van der Waals surface area contributed by atoms with Crippen LogP contribution < -0.4 is 5.32 Å². The van der Waals surface area contributed by atoms with E-state index in [4.69, 9.17) is 5.11 Å². The lowest BCUT2D eigenvalue weighted by Gasteiger charge is -2.12. The molecule has 6 nitrogen and oxygen atoms in total. The monoisotopic (exact) mass is 263 g/mol. The van der Waals surface area contributed by atoms with Gasteiger partial charge in [0.15, 0.2) is 0 Å². The third-order valence-electron chi connectivity index (χ3n) is 1.78. The Bertz CT molecular complexity index is 316. The van der Waals surface area contributed by atoms with E-state index >= 15 is 0 Å². The first kappa shape index (κ1) is 16.0. The number of hydrogen-bond donors (Lipinski definition) is 2. The van der Waals surface area contributed by atoms with E-state index in [0.717, 1.165) is 6.08 Å². The van der Waals surface area contributed by atoms with Gasteiger partial charge < -0.3 is 14.4 Å². The molecule has 0 saturated carbocycles. The molecule has 2 N–H and O–H groups in total. The highest BCUT2D eigenvalue weighted by atomic mass is 31.1. The van der Waals surface area contributed by atoms with Crippen LogP contribution in [0.3, 0.4) is 0 Å². The normalized spacial score (nSPS) is 14.5. The third kappa shape index (κ3) is 7.85. The summed E-state index contributed by atoms with van der Waals surface area (Å²) in [5, 5.41) is 11.5. The average molecular weight is 263 g/mol. The Labute approximate surface area is 101 Å². The lowest BCUT2D eigenvalue weighted by Crippen LogP contribution is -2.29. The van der Waals surface area contributed by atoms with Crippen LogP contribution in [0.1, 0.15) is 13.8 Å². The molecule has 0 aliphatic heterocycles. The topological polar surface area (TPSA) is 92.7 Å². The highest BCUT2D eigenvalue weighted by Gasteiger charge is 2.12. The van der Waals surface area contributed by atoms with Crippen LogP contribution in [0.2, 0.25) is 0 Å². The minimum atomic E-state index is -2.33. The zero-order valence-electron chi connectivity index (χ0n) is 9.93. The van der Waals surface area contributed by atoms with Gasteiger partial charge in [-0.1, -0.05) is 6.08 Å². The van der Waals surface area contributed by atoms with Crippen LogP contribution in [0.4, 0.5) is 0 Å². The minimum absolute atomic E-state index is 0.0360. The Morgan fingerprint density at radius 3 is 2.65 bits per heavy atom. The maximum absolute atomic E-state index is 11.5. The van der Waals surface area contributed by atoms with Gasteiger partial charge in [-0.15, -0.1) is 0 Å². The van der Waals surface area contributed by atoms with Gasteiger partial charge in [0, 0.05) is 6.08 Å². The Hall–Kier alpha value is -0.970. The molecule has 0 aromatic rings. The van der Waals surface area contributed by atoms with Crippen LogP contribution in [0.5, 0.6) is 0 Å². The smallest absolute Gasteiger partial charge is 0.330 e. The summed E-state index contributed by atoms with van der Waals surface area (Å²) in [5.41, 5.74) is 0. The molecule has 0 amide bonds. The molecule has 2 unspecified atom stereocenters. The lowest BCUT2D eigenvalue weighted by atomic mass is 10.4. The predicted octanol–water partition coefficient (Wildman–Crippen LogP) is 0.120. The number of aliphatic hydroxyl groups is 1. The molecule has 0 saturated heterocycles. The number of carbonyl (C=O) groups excluding carboxylic acids is 2. The van der Waals surface area contributed by atoms with Crippen molar-refractivity contribution in [3.63, 3.8) is 0 Å². The van der Waals surface area contributed by atoms with Crippen LogP contribution >= 0.6 is 7.80 Å². The largest absolute Gasteiger partial charge is 0.463 e. The molecule has 0 aliphatic rings. The van der Waals surface area contributed by atoms with E-state index in [1.54, 1.807) is 6.92 Å². The molecule has 0 aliphatic carbocycles. The van der Waals surface area contributed by atoms with Gasteiger partial charge in [0.2, 0.25) is 0 Å². The summed E-state index contributed by atoms with van der Waals surface area (Å²) in [4.78, 5) is 21.8. The number of esters is 1. The number of aliphatic hydroxyl groups excluding tert-OH is 1. The van der Waals surface area contributed by atoms with Gasteiger partial charge in [0.1, 0.15) is 13.6 Å². The van der Waals surface area contributed by atoms with Gasteiger partial charge in [-0.25, -0.2) is 4.79 Å². The number of ketones is 1. The first-order valence-electron chi connectivity index (χ1n) is 5.22. The number of hydrogen-bond acceptors (Lipinski definition) is 6. The van der Waals surface area contributed by atoms with E-state index in [-0.39, 0.29) is 18.9 Å². The first-order valence-corrected chi connectivity index (χ1v) is 6.91. The van der Waals surface area contributed by atoms with Crippen molar-refractivity contribution in [1.82, 2.24) is 5.32 Å². The number of Topliss-reactive ketones (excluding diaryl/α,β-unsaturated/α-hetero) is 1. The van der Waals surface area contributed by atoms with E-state index in [0.29, 0.717) is 0 Å². The number of rotatable bonds is 8. The van der Waals surface area contributed by atoms with Crippen LogP contribution in [-0.2, 0) is 18.9 Å². The molecule has 0 rings (SSSR count). The number of ether oxygens (including phenoxy) is 1. The predicted molar refractivity (Wildman–Crippen MR) is 64.3 cm³/mol. The summed E-state index contributed by atoms with van der Waals surface area (Å²) in [6.45, 7) is 3.35. The van der Waals surface area contributed by atoms with E-state index in [2.05, 4.69) is 10.1 Å². The first-order chi connectivity index (χ1) is 8.01. The molecule has 0 heterocycles. The fourth-order valence-electron chi connectivity index (χ4n) is 1.01. The second-order valence-electron chi connectivity index (χ2n) is 3.30. The van der Waals surface area contributed by atoms with Crippen LogP contribution in [0.15, 0.2) is 12.2 Å². The van der Waals surface area contributed by atoms with E-state index in [1.165, 1.54) is 13.0 Å². The average Bonchev–Trinajstić information content (AvgIpc) is 2.28. The summed E-state index contributed by atoms with van der Waals surface area (Å²) in [6.07, 6.45) is 2.01. The van der Waals surface area contributed by atoms with Crippen molar-refractivity contribution >= 4 is 19.6 Å². The molecule has 0 fully saturated rings. The lowest BCUT2D eigenvalue weighted by molar-refractivity contribution is -0.137. The number of nitrogens with one attached hydrogen (secondary N) is 1. The zero-order chi connectivity index (χ0) is 13.3. The molecule has 2 atom stereocenters. The summed E-state index contributed by atoms with van der Waals surface area (Å²) in [6, 6.07) is 0.